The van der Waals surface area contributed by atoms with Crippen molar-refractivity contribution < 1.29 is 9.53 Å². The minimum absolute atomic E-state index is 0.153. The molecule has 0 atom stereocenters. The van der Waals surface area contributed by atoms with Gasteiger partial charge in [-0.05, 0) is 65.9 Å². The molecule has 1 amide bonds. The number of aliphatic imine (C=N–C) groups is 1. The van der Waals surface area contributed by atoms with Crippen molar-refractivity contribution in [1.29, 1.82) is 0 Å². The van der Waals surface area contributed by atoms with E-state index in [1.807, 2.05) is 31.2 Å². The summed E-state index contributed by atoms with van der Waals surface area (Å²) in [6.45, 7) is 4.33. The van der Waals surface area contributed by atoms with Crippen LogP contribution >= 0.6 is 23.4 Å². The van der Waals surface area contributed by atoms with Gasteiger partial charge in [-0.1, -0.05) is 48.0 Å². The van der Waals surface area contributed by atoms with Crippen molar-refractivity contribution in [3.05, 3.63) is 75.1 Å². The Labute approximate surface area is 179 Å². The average molecular weight is 425 g/mol. The number of likely N-dealkylation sites (tertiary alicyclic amines) is 1. The van der Waals surface area contributed by atoms with Crippen molar-refractivity contribution in [2.75, 3.05) is 13.1 Å². The fraction of sp³-hybridized carbons (Fsp3) is 0.304. The number of allylic oxidation sites excluding steroid dienone is 1. The van der Waals surface area contributed by atoms with Gasteiger partial charge in [0, 0.05) is 18.1 Å². The van der Waals surface area contributed by atoms with Crippen LogP contribution in [0.3, 0.4) is 0 Å². The van der Waals surface area contributed by atoms with Crippen molar-refractivity contribution in [3.63, 3.8) is 0 Å². The summed E-state index contributed by atoms with van der Waals surface area (Å²) in [5.41, 5.74) is 4.38. The zero-order valence-corrected chi connectivity index (χ0v) is 17.7. The molecule has 4 nitrogen and oxygen atoms in total. The number of amides is 1. The van der Waals surface area contributed by atoms with Crippen molar-refractivity contribution in [1.82, 2.24) is 4.90 Å². The quantitative estimate of drug-likeness (QED) is 0.588. The van der Waals surface area contributed by atoms with E-state index in [9.17, 15) is 4.79 Å². The molecule has 148 valence electrons. The van der Waals surface area contributed by atoms with Crippen LogP contribution in [0.5, 0.6) is 0 Å². The van der Waals surface area contributed by atoms with Gasteiger partial charge >= 0.3 is 0 Å². The molecule has 0 radical (unpaired) electrons. The number of thioether (sulfide) groups is 1. The Morgan fingerprint density at radius 2 is 1.86 bits per heavy atom. The minimum Gasteiger partial charge on any atom is -0.365 e. The van der Waals surface area contributed by atoms with E-state index in [1.165, 1.54) is 22.9 Å². The third-order valence-corrected chi connectivity index (χ3v) is 7.53. The summed E-state index contributed by atoms with van der Waals surface area (Å²) in [4.78, 5) is 19.9. The van der Waals surface area contributed by atoms with E-state index >= 15 is 0 Å². The number of halogens is 1. The number of carbonyl (C=O) groups is 1. The number of benzene rings is 2. The van der Waals surface area contributed by atoms with Crippen LogP contribution in [-0.4, -0.2) is 29.1 Å². The van der Waals surface area contributed by atoms with Crippen LogP contribution in [-0.2, 0) is 21.7 Å². The Balaban J connectivity index is 1.31. The van der Waals surface area contributed by atoms with Gasteiger partial charge < -0.3 is 9.64 Å². The Morgan fingerprint density at radius 3 is 2.62 bits per heavy atom. The summed E-state index contributed by atoms with van der Waals surface area (Å²) in [6.07, 6.45) is 1.82. The molecule has 1 saturated heterocycles. The number of nitrogens with zero attached hydrogens (tertiary/aromatic N) is 2. The second kappa shape index (κ2) is 7.31. The van der Waals surface area contributed by atoms with Crippen molar-refractivity contribution in [3.8, 4) is 0 Å². The first-order chi connectivity index (χ1) is 14.1. The van der Waals surface area contributed by atoms with Crippen LogP contribution < -0.4 is 0 Å². The largest absolute Gasteiger partial charge is 0.365 e. The first-order valence-electron chi connectivity index (χ1n) is 9.81. The van der Waals surface area contributed by atoms with E-state index in [0.29, 0.717) is 16.5 Å². The first kappa shape index (κ1) is 18.9. The van der Waals surface area contributed by atoms with Crippen LogP contribution in [0.25, 0.3) is 5.57 Å². The standard InChI is InChI=1S/C23H21ClN2O2S/c1-15(16-6-8-18(24)9-7-16)20-21(27)25-22(29-20)26-12-10-23(11-13-26)19-5-3-2-4-17(19)14-28-23/h2-9H,10-14H2,1H3/b20-15-. The van der Waals surface area contributed by atoms with Crippen molar-refractivity contribution in [2.24, 2.45) is 4.99 Å². The monoisotopic (exact) mass is 424 g/mol. The molecule has 0 N–H and O–H groups in total. The first-order valence-corrected chi connectivity index (χ1v) is 11.0. The Bertz CT molecular complexity index is 1040. The van der Waals surface area contributed by atoms with Crippen molar-refractivity contribution in [2.45, 2.75) is 32.0 Å². The molecular formula is C23H21ClN2O2S. The number of carbonyl (C=O) groups excluding carboxylic acids is 1. The minimum atomic E-state index is -0.182. The Morgan fingerprint density at radius 1 is 1.14 bits per heavy atom. The molecule has 2 aromatic rings. The summed E-state index contributed by atoms with van der Waals surface area (Å²) in [5.74, 6) is -0.153. The van der Waals surface area contributed by atoms with Gasteiger partial charge in [0.25, 0.3) is 5.91 Å². The maximum Gasteiger partial charge on any atom is 0.286 e. The molecule has 2 aromatic carbocycles. The van der Waals surface area contributed by atoms with Gasteiger partial charge in [-0.3, -0.25) is 4.79 Å². The zero-order chi connectivity index (χ0) is 20.0. The van der Waals surface area contributed by atoms with Crippen LogP contribution in [0.15, 0.2) is 58.4 Å². The summed E-state index contributed by atoms with van der Waals surface area (Å²) < 4.78 is 6.25. The maximum atomic E-state index is 12.6. The summed E-state index contributed by atoms with van der Waals surface area (Å²) in [5, 5.41) is 1.49. The Kier molecular flexibility index (Phi) is 4.77. The van der Waals surface area contributed by atoms with E-state index in [1.54, 1.807) is 0 Å². The molecule has 3 heterocycles. The molecule has 5 rings (SSSR count). The van der Waals surface area contributed by atoms with Gasteiger partial charge in [-0.15, -0.1) is 0 Å². The lowest BCUT2D eigenvalue weighted by Crippen LogP contribution is -2.44. The molecule has 0 unspecified atom stereocenters. The molecule has 29 heavy (non-hydrogen) atoms. The van der Waals surface area contributed by atoms with Crippen molar-refractivity contribution >= 4 is 40.0 Å². The molecule has 3 aliphatic rings. The highest BCUT2D eigenvalue weighted by molar-refractivity contribution is 8.18. The molecule has 6 heteroatoms. The van der Waals surface area contributed by atoms with Gasteiger partial charge in [0.2, 0.25) is 0 Å². The van der Waals surface area contributed by atoms with Gasteiger partial charge in [0.1, 0.15) is 0 Å². The molecule has 3 aliphatic heterocycles. The van der Waals surface area contributed by atoms with Crippen LogP contribution in [0.4, 0.5) is 0 Å². The molecule has 1 spiro atoms. The number of rotatable bonds is 1. The summed E-state index contributed by atoms with van der Waals surface area (Å²) >= 11 is 7.47. The molecule has 0 bridgehead atoms. The van der Waals surface area contributed by atoms with Gasteiger partial charge in [-0.2, -0.15) is 4.99 Å². The summed E-state index contributed by atoms with van der Waals surface area (Å²) in [7, 11) is 0. The molecule has 0 aliphatic carbocycles. The fourth-order valence-electron chi connectivity index (χ4n) is 4.36. The average Bonchev–Trinajstić information content (AvgIpc) is 3.30. The second-order valence-corrected chi connectivity index (χ2v) is 9.10. The third kappa shape index (κ3) is 3.31. The molecule has 0 aromatic heterocycles. The lowest BCUT2D eigenvalue weighted by Gasteiger charge is -2.39. The van der Waals surface area contributed by atoms with Gasteiger partial charge in [0.15, 0.2) is 5.17 Å². The summed E-state index contributed by atoms with van der Waals surface area (Å²) in [6, 6.07) is 16.1. The zero-order valence-electron chi connectivity index (χ0n) is 16.2. The van der Waals surface area contributed by atoms with E-state index in [4.69, 9.17) is 16.3 Å². The highest BCUT2D eigenvalue weighted by Crippen LogP contribution is 2.45. The number of ether oxygens (including phenoxy) is 1. The topological polar surface area (TPSA) is 41.9 Å². The number of hydrogen-bond donors (Lipinski definition) is 0. The van der Waals surface area contributed by atoms with Crippen LogP contribution in [0, 0.1) is 0 Å². The highest BCUT2D eigenvalue weighted by Gasteiger charge is 2.43. The van der Waals surface area contributed by atoms with E-state index in [-0.39, 0.29) is 11.5 Å². The van der Waals surface area contributed by atoms with E-state index in [0.717, 1.165) is 42.2 Å². The molecular weight excluding hydrogens is 404 g/mol. The smallest absolute Gasteiger partial charge is 0.286 e. The lowest BCUT2D eigenvalue weighted by atomic mass is 9.84. The van der Waals surface area contributed by atoms with E-state index < -0.39 is 0 Å². The van der Waals surface area contributed by atoms with Gasteiger partial charge in [-0.25, -0.2) is 0 Å². The fourth-order valence-corrected chi connectivity index (χ4v) is 5.51. The number of piperidine rings is 1. The number of fused-ring (bicyclic) bond motifs is 2. The Hall–Kier alpha value is -2.08. The predicted octanol–water partition coefficient (Wildman–Crippen LogP) is 5.22. The second-order valence-electron chi connectivity index (χ2n) is 7.69. The predicted molar refractivity (Wildman–Crippen MR) is 118 cm³/mol. The lowest BCUT2D eigenvalue weighted by molar-refractivity contribution is -0.113. The van der Waals surface area contributed by atoms with Gasteiger partial charge in [0.05, 0.1) is 17.1 Å². The molecule has 0 saturated carbocycles. The SMILES string of the molecule is C/C(=C1/SC(N2CCC3(CC2)OCc2ccccc23)=NC1=O)c1ccc(Cl)cc1. The third-order valence-electron chi connectivity index (χ3n) is 6.06. The van der Waals surface area contributed by atoms with Crippen LogP contribution in [0.2, 0.25) is 5.02 Å². The normalized spacial score (nSPS) is 22.1. The van der Waals surface area contributed by atoms with E-state index in [2.05, 4.69) is 34.2 Å². The molecule has 1 fully saturated rings. The number of amidine groups is 1. The maximum absolute atomic E-state index is 12.6. The highest BCUT2D eigenvalue weighted by atomic mass is 35.5. The number of hydrogen-bond acceptors (Lipinski definition) is 4. The van der Waals surface area contributed by atoms with Crippen LogP contribution in [0.1, 0.15) is 36.5 Å².